The van der Waals surface area contributed by atoms with E-state index in [4.69, 9.17) is 16.6 Å². The molecular formula is C13H8OS. The van der Waals surface area contributed by atoms with Gasteiger partial charge in [0.25, 0.3) is 0 Å². The van der Waals surface area contributed by atoms with Gasteiger partial charge in [-0.2, -0.15) is 0 Å². The fourth-order valence-electron chi connectivity index (χ4n) is 1.86. The van der Waals surface area contributed by atoms with Crippen LogP contribution in [0.3, 0.4) is 0 Å². The molecule has 0 radical (unpaired) electrons. The molecule has 3 aromatic rings. The van der Waals surface area contributed by atoms with E-state index in [1.807, 2.05) is 24.3 Å². The van der Waals surface area contributed by atoms with Crippen LogP contribution in [0.1, 0.15) is 0 Å². The minimum atomic E-state index is 0.841. The Kier molecular flexibility index (Phi) is 1.82. The Morgan fingerprint density at radius 2 is 1.80 bits per heavy atom. The fraction of sp³-hybridized carbons (Fsp3) is 0. The van der Waals surface area contributed by atoms with E-state index in [1.54, 1.807) is 6.26 Å². The molecule has 0 unspecified atom stereocenters. The lowest BCUT2D eigenvalue weighted by molar-refractivity contribution is 0.604. The van der Waals surface area contributed by atoms with Gasteiger partial charge in [-0.05, 0) is 22.9 Å². The highest BCUT2D eigenvalue weighted by Gasteiger charge is 2.02. The monoisotopic (exact) mass is 212 g/mol. The van der Waals surface area contributed by atoms with Gasteiger partial charge in [-0.15, -0.1) is 0 Å². The van der Waals surface area contributed by atoms with Crippen molar-refractivity contribution in [1.82, 2.24) is 0 Å². The summed E-state index contributed by atoms with van der Waals surface area (Å²) < 4.78 is 6.27. The number of hydrogen-bond donors (Lipinski definition) is 0. The van der Waals surface area contributed by atoms with Gasteiger partial charge in [0.2, 0.25) is 0 Å². The lowest BCUT2D eigenvalue weighted by Gasteiger charge is -2.01. The third kappa shape index (κ3) is 1.26. The van der Waals surface area contributed by atoms with Crippen LogP contribution in [-0.2, 0) is 0 Å². The highest BCUT2D eigenvalue weighted by molar-refractivity contribution is 7.71. The van der Waals surface area contributed by atoms with Crippen LogP contribution >= 0.6 is 12.2 Å². The minimum Gasteiger partial charge on any atom is -0.464 e. The maximum atomic E-state index is 5.43. The van der Waals surface area contributed by atoms with E-state index in [2.05, 4.69) is 18.2 Å². The first-order chi connectivity index (χ1) is 7.36. The summed E-state index contributed by atoms with van der Waals surface area (Å²) in [6.45, 7) is 0. The van der Waals surface area contributed by atoms with Gasteiger partial charge < -0.3 is 4.42 Å². The van der Waals surface area contributed by atoms with Crippen molar-refractivity contribution in [2.45, 2.75) is 0 Å². The van der Waals surface area contributed by atoms with Crippen molar-refractivity contribution in [1.29, 1.82) is 0 Å². The number of rotatable bonds is 0. The molecule has 1 heterocycles. The molecule has 0 atom stereocenters. The zero-order valence-corrected chi connectivity index (χ0v) is 8.75. The van der Waals surface area contributed by atoms with Gasteiger partial charge in [0.05, 0.1) is 10.8 Å². The molecule has 0 saturated heterocycles. The Hall–Kier alpha value is -1.67. The van der Waals surface area contributed by atoms with Crippen LogP contribution in [0.25, 0.3) is 21.7 Å². The maximum Gasteiger partial charge on any atom is 0.135 e. The van der Waals surface area contributed by atoms with Crippen molar-refractivity contribution >= 4 is 34.0 Å². The van der Waals surface area contributed by atoms with Crippen LogP contribution in [0, 0.1) is 4.51 Å². The highest BCUT2D eigenvalue weighted by Crippen LogP contribution is 2.25. The van der Waals surface area contributed by atoms with Crippen LogP contribution < -0.4 is 0 Å². The highest BCUT2D eigenvalue weighted by atomic mass is 32.1. The minimum absolute atomic E-state index is 0.841. The molecule has 0 bridgehead atoms. The number of benzene rings is 2. The molecule has 1 nitrogen and oxygen atoms in total. The van der Waals surface area contributed by atoms with E-state index in [1.165, 1.54) is 5.39 Å². The average molecular weight is 212 g/mol. The van der Waals surface area contributed by atoms with Crippen molar-refractivity contribution in [2.75, 3.05) is 0 Å². The Morgan fingerprint density at radius 1 is 0.933 bits per heavy atom. The molecule has 0 saturated carbocycles. The van der Waals surface area contributed by atoms with Gasteiger partial charge in [-0.1, -0.05) is 42.5 Å². The van der Waals surface area contributed by atoms with Gasteiger partial charge in [0.15, 0.2) is 0 Å². The molecule has 15 heavy (non-hydrogen) atoms. The summed E-state index contributed by atoms with van der Waals surface area (Å²) in [4.78, 5) is 0. The van der Waals surface area contributed by atoms with Crippen molar-refractivity contribution < 1.29 is 4.42 Å². The van der Waals surface area contributed by atoms with Crippen LogP contribution in [0.15, 0.2) is 53.1 Å². The Bertz CT molecular complexity index is 697. The van der Waals surface area contributed by atoms with E-state index in [0.29, 0.717) is 0 Å². The smallest absolute Gasteiger partial charge is 0.135 e. The standard InChI is InChI=1S/C13H8OS/c15-12-7-8-14-11-6-5-9-3-1-2-4-10(9)13(11)12/h1-8H. The fourth-order valence-corrected chi connectivity index (χ4v) is 2.12. The summed E-state index contributed by atoms with van der Waals surface area (Å²) in [5.74, 6) is 0. The summed E-state index contributed by atoms with van der Waals surface area (Å²) in [7, 11) is 0. The van der Waals surface area contributed by atoms with Crippen molar-refractivity contribution in [3.8, 4) is 0 Å². The first-order valence-corrected chi connectivity index (χ1v) is 5.16. The van der Waals surface area contributed by atoms with Gasteiger partial charge in [0, 0.05) is 5.39 Å². The Balaban J connectivity index is 2.70. The van der Waals surface area contributed by atoms with Crippen molar-refractivity contribution in [2.24, 2.45) is 0 Å². The molecule has 0 fully saturated rings. The second-order valence-corrected chi connectivity index (χ2v) is 3.88. The van der Waals surface area contributed by atoms with Crippen LogP contribution in [0.2, 0.25) is 0 Å². The van der Waals surface area contributed by atoms with E-state index in [0.717, 1.165) is 20.9 Å². The van der Waals surface area contributed by atoms with E-state index < -0.39 is 0 Å². The zero-order valence-electron chi connectivity index (χ0n) is 7.94. The summed E-state index contributed by atoms with van der Waals surface area (Å²) in [6.07, 6.45) is 1.64. The predicted octanol–water partition coefficient (Wildman–Crippen LogP) is 4.32. The molecule has 0 aliphatic rings. The molecule has 0 aliphatic carbocycles. The van der Waals surface area contributed by atoms with Crippen LogP contribution in [0.5, 0.6) is 0 Å². The van der Waals surface area contributed by atoms with Crippen molar-refractivity contribution in [3.63, 3.8) is 0 Å². The van der Waals surface area contributed by atoms with E-state index in [9.17, 15) is 0 Å². The van der Waals surface area contributed by atoms with Gasteiger partial charge >= 0.3 is 0 Å². The molecule has 3 rings (SSSR count). The third-order valence-electron chi connectivity index (χ3n) is 2.55. The second kappa shape index (κ2) is 3.17. The normalized spacial score (nSPS) is 10.9. The molecule has 72 valence electrons. The lowest BCUT2D eigenvalue weighted by Crippen LogP contribution is -1.77. The molecule has 0 aliphatic heterocycles. The predicted molar refractivity (Wildman–Crippen MR) is 64.6 cm³/mol. The summed E-state index contributed by atoms with van der Waals surface area (Å²) in [6, 6.07) is 14.0. The molecular weight excluding hydrogens is 204 g/mol. The van der Waals surface area contributed by atoms with Gasteiger partial charge in [-0.3, -0.25) is 0 Å². The van der Waals surface area contributed by atoms with Crippen LogP contribution in [0.4, 0.5) is 0 Å². The molecule has 2 aromatic carbocycles. The molecule has 0 amide bonds. The average Bonchev–Trinajstić information content (AvgIpc) is 2.29. The van der Waals surface area contributed by atoms with Crippen LogP contribution in [-0.4, -0.2) is 0 Å². The molecule has 1 aromatic heterocycles. The Labute approximate surface area is 92.0 Å². The van der Waals surface area contributed by atoms with E-state index >= 15 is 0 Å². The zero-order chi connectivity index (χ0) is 10.3. The largest absolute Gasteiger partial charge is 0.464 e. The number of hydrogen-bond acceptors (Lipinski definition) is 2. The summed E-state index contributed by atoms with van der Waals surface area (Å²) in [5.41, 5.74) is 0.848. The van der Waals surface area contributed by atoms with Crippen molar-refractivity contribution in [3.05, 3.63) is 53.2 Å². The first kappa shape index (κ1) is 8.62. The molecule has 0 N–H and O–H groups in total. The quantitative estimate of drug-likeness (QED) is 0.407. The van der Waals surface area contributed by atoms with Gasteiger partial charge in [-0.25, -0.2) is 0 Å². The maximum absolute atomic E-state index is 5.43. The summed E-state index contributed by atoms with van der Waals surface area (Å²) in [5, 5.41) is 3.38. The molecule has 2 heteroatoms. The SMILES string of the molecule is S=c1ccoc2ccc3ccccc3c12. The topological polar surface area (TPSA) is 13.1 Å². The second-order valence-electron chi connectivity index (χ2n) is 3.44. The summed E-state index contributed by atoms with van der Waals surface area (Å²) >= 11 is 5.32. The Morgan fingerprint density at radius 3 is 2.73 bits per heavy atom. The van der Waals surface area contributed by atoms with E-state index in [-0.39, 0.29) is 0 Å². The molecule has 0 spiro atoms. The first-order valence-electron chi connectivity index (χ1n) is 4.75. The third-order valence-corrected chi connectivity index (χ3v) is 2.89. The van der Waals surface area contributed by atoms with Gasteiger partial charge in [0.1, 0.15) is 5.58 Å². The number of fused-ring (bicyclic) bond motifs is 3. The lowest BCUT2D eigenvalue weighted by atomic mass is 10.1.